The number of pyridine rings is 1. The summed E-state index contributed by atoms with van der Waals surface area (Å²) < 4.78 is 5.31. The minimum Gasteiger partial charge on any atom is -0.457 e. The highest BCUT2D eigenvalue weighted by molar-refractivity contribution is 5.92. The molecule has 0 aliphatic carbocycles. The van der Waals surface area contributed by atoms with Gasteiger partial charge in [0.25, 0.3) is 0 Å². The third-order valence-electron chi connectivity index (χ3n) is 4.52. The van der Waals surface area contributed by atoms with E-state index in [4.69, 9.17) is 10.5 Å². The van der Waals surface area contributed by atoms with Crippen molar-refractivity contribution >= 4 is 17.7 Å². The van der Waals surface area contributed by atoms with Gasteiger partial charge in [-0.25, -0.2) is 9.78 Å². The van der Waals surface area contributed by atoms with Gasteiger partial charge < -0.3 is 15.4 Å². The number of nitrogens with two attached hydrogens (primary N) is 1. The fourth-order valence-electron chi connectivity index (χ4n) is 2.99. The Labute approximate surface area is 153 Å². The van der Waals surface area contributed by atoms with Crippen LogP contribution in [0.3, 0.4) is 0 Å². The Balaban J connectivity index is 1.56. The summed E-state index contributed by atoms with van der Waals surface area (Å²) in [6.07, 6.45) is 6.46. The molecule has 26 heavy (non-hydrogen) atoms. The minimum absolute atomic E-state index is 0.131. The highest BCUT2D eigenvalue weighted by Gasteiger charge is 2.13. The van der Waals surface area contributed by atoms with Gasteiger partial charge in [0.05, 0.1) is 5.56 Å². The molecule has 1 aromatic heterocycles. The van der Waals surface area contributed by atoms with Crippen molar-refractivity contribution < 1.29 is 14.3 Å². The molecule has 1 fully saturated rings. The Morgan fingerprint density at radius 3 is 2.19 bits per heavy atom. The summed E-state index contributed by atoms with van der Waals surface area (Å²) in [5.74, 6) is 0.00787. The molecule has 2 N–H and O–H groups in total. The van der Waals surface area contributed by atoms with Crippen molar-refractivity contribution in [2.24, 2.45) is 5.73 Å². The number of ether oxygens (including phenoxy) is 1. The standard InChI is InChI=1S/C20H23N3O3/c21-19(24)16-7-5-15(6-8-16)14-26-20(25)17-9-10-18(22-13-17)23-11-3-1-2-4-12-23/h5-10,13H,1-4,11-12,14H2,(H2,21,24). The van der Waals surface area contributed by atoms with Gasteiger partial charge in [-0.05, 0) is 42.7 Å². The lowest BCUT2D eigenvalue weighted by Crippen LogP contribution is -2.24. The molecule has 1 aliphatic rings. The van der Waals surface area contributed by atoms with E-state index in [1.165, 1.54) is 25.7 Å². The summed E-state index contributed by atoms with van der Waals surface area (Å²) in [7, 11) is 0. The molecule has 3 rings (SSSR count). The predicted molar refractivity (Wildman–Crippen MR) is 99.0 cm³/mol. The molecule has 0 saturated carbocycles. The zero-order valence-corrected chi connectivity index (χ0v) is 14.7. The number of hydrogen-bond acceptors (Lipinski definition) is 5. The first-order valence-electron chi connectivity index (χ1n) is 8.90. The number of benzene rings is 1. The van der Waals surface area contributed by atoms with Gasteiger partial charge in [-0.3, -0.25) is 4.79 Å². The molecule has 6 nitrogen and oxygen atoms in total. The van der Waals surface area contributed by atoms with E-state index in [0.29, 0.717) is 11.1 Å². The van der Waals surface area contributed by atoms with Gasteiger partial charge in [-0.1, -0.05) is 25.0 Å². The summed E-state index contributed by atoms with van der Waals surface area (Å²) in [5.41, 5.74) is 6.84. The molecular formula is C20H23N3O3. The number of nitrogens with zero attached hydrogens (tertiary/aromatic N) is 2. The smallest absolute Gasteiger partial charge is 0.340 e. The maximum atomic E-state index is 12.2. The highest BCUT2D eigenvalue weighted by atomic mass is 16.5. The fourth-order valence-corrected chi connectivity index (χ4v) is 2.99. The van der Waals surface area contributed by atoms with Crippen LogP contribution in [0.4, 0.5) is 5.82 Å². The van der Waals surface area contributed by atoms with Gasteiger partial charge in [0.2, 0.25) is 5.91 Å². The molecule has 6 heteroatoms. The van der Waals surface area contributed by atoms with Gasteiger partial charge in [0.15, 0.2) is 0 Å². The number of primary amides is 1. The minimum atomic E-state index is -0.482. The molecule has 0 bridgehead atoms. The quantitative estimate of drug-likeness (QED) is 0.835. The molecule has 0 spiro atoms. The maximum Gasteiger partial charge on any atom is 0.340 e. The number of aromatic nitrogens is 1. The van der Waals surface area contributed by atoms with Crippen molar-refractivity contribution in [3.05, 3.63) is 59.3 Å². The van der Waals surface area contributed by atoms with Gasteiger partial charge in [-0.15, -0.1) is 0 Å². The van der Waals surface area contributed by atoms with Gasteiger partial charge in [0, 0.05) is 24.8 Å². The maximum absolute atomic E-state index is 12.2. The van der Waals surface area contributed by atoms with Crippen LogP contribution in [-0.2, 0) is 11.3 Å². The third-order valence-corrected chi connectivity index (χ3v) is 4.52. The van der Waals surface area contributed by atoms with Crippen molar-refractivity contribution in [3.8, 4) is 0 Å². The van der Waals surface area contributed by atoms with Crippen molar-refractivity contribution in [2.75, 3.05) is 18.0 Å². The summed E-state index contributed by atoms with van der Waals surface area (Å²) in [4.78, 5) is 29.9. The summed E-state index contributed by atoms with van der Waals surface area (Å²) in [6, 6.07) is 10.3. The zero-order valence-electron chi connectivity index (χ0n) is 14.7. The molecule has 1 aliphatic heterocycles. The third kappa shape index (κ3) is 4.59. The van der Waals surface area contributed by atoms with Gasteiger partial charge >= 0.3 is 5.97 Å². The van der Waals surface area contributed by atoms with Crippen molar-refractivity contribution in [1.82, 2.24) is 4.98 Å². The van der Waals surface area contributed by atoms with Crippen LogP contribution in [0, 0.1) is 0 Å². The Morgan fingerprint density at radius 1 is 0.962 bits per heavy atom. The lowest BCUT2D eigenvalue weighted by atomic mass is 10.1. The second-order valence-electron chi connectivity index (χ2n) is 6.44. The first-order valence-corrected chi connectivity index (χ1v) is 8.90. The second-order valence-corrected chi connectivity index (χ2v) is 6.44. The second kappa shape index (κ2) is 8.47. The first-order chi connectivity index (χ1) is 12.6. The molecule has 2 aromatic rings. The number of hydrogen-bond donors (Lipinski definition) is 1. The number of esters is 1. The molecule has 1 aromatic carbocycles. The van der Waals surface area contributed by atoms with E-state index >= 15 is 0 Å². The van der Waals surface area contributed by atoms with E-state index in [-0.39, 0.29) is 6.61 Å². The Morgan fingerprint density at radius 2 is 1.62 bits per heavy atom. The summed E-state index contributed by atoms with van der Waals surface area (Å²) in [6.45, 7) is 2.15. The van der Waals surface area contributed by atoms with Crippen LogP contribution in [0.15, 0.2) is 42.6 Å². The summed E-state index contributed by atoms with van der Waals surface area (Å²) in [5, 5.41) is 0. The molecule has 1 amide bonds. The van der Waals surface area contributed by atoms with E-state index < -0.39 is 11.9 Å². The van der Waals surface area contributed by atoms with Crippen LogP contribution >= 0.6 is 0 Å². The van der Waals surface area contributed by atoms with E-state index in [2.05, 4.69) is 9.88 Å². The first kappa shape index (κ1) is 17.9. The molecule has 0 atom stereocenters. The van der Waals surface area contributed by atoms with Crippen molar-refractivity contribution in [2.45, 2.75) is 32.3 Å². The molecule has 0 radical (unpaired) electrons. The predicted octanol–water partition coefficient (Wildman–Crippen LogP) is 2.92. The SMILES string of the molecule is NC(=O)c1ccc(COC(=O)c2ccc(N3CCCCCC3)nc2)cc1. The zero-order chi connectivity index (χ0) is 18.4. The Hall–Kier alpha value is -2.89. The Bertz CT molecular complexity index is 749. The molecular weight excluding hydrogens is 330 g/mol. The lowest BCUT2D eigenvalue weighted by Gasteiger charge is -2.21. The number of rotatable bonds is 5. The van der Waals surface area contributed by atoms with Crippen molar-refractivity contribution in [3.63, 3.8) is 0 Å². The van der Waals surface area contributed by atoms with E-state index in [9.17, 15) is 9.59 Å². The van der Waals surface area contributed by atoms with Crippen molar-refractivity contribution in [1.29, 1.82) is 0 Å². The number of carbonyl (C=O) groups is 2. The largest absolute Gasteiger partial charge is 0.457 e. The molecule has 0 unspecified atom stereocenters. The monoisotopic (exact) mass is 353 g/mol. The van der Waals surface area contributed by atoms with E-state index in [1.54, 1.807) is 36.5 Å². The normalized spacial score (nSPS) is 14.5. The molecule has 136 valence electrons. The van der Waals surface area contributed by atoms with Gasteiger partial charge in [0.1, 0.15) is 12.4 Å². The molecule has 1 saturated heterocycles. The van der Waals surface area contributed by atoms with Crippen LogP contribution in [-0.4, -0.2) is 29.9 Å². The van der Waals surface area contributed by atoms with Crippen LogP contribution in [0.2, 0.25) is 0 Å². The number of carbonyl (C=O) groups excluding carboxylic acids is 2. The highest BCUT2D eigenvalue weighted by Crippen LogP contribution is 2.18. The number of anilines is 1. The van der Waals surface area contributed by atoms with Gasteiger partial charge in [-0.2, -0.15) is 0 Å². The average molecular weight is 353 g/mol. The summed E-state index contributed by atoms with van der Waals surface area (Å²) >= 11 is 0. The average Bonchev–Trinajstić information content (AvgIpc) is 2.96. The fraction of sp³-hybridized carbons (Fsp3) is 0.350. The lowest BCUT2D eigenvalue weighted by molar-refractivity contribution is 0.0472. The van der Waals surface area contributed by atoms with E-state index in [1.807, 2.05) is 6.07 Å². The Kier molecular flexibility index (Phi) is 5.84. The van der Waals surface area contributed by atoms with E-state index in [0.717, 1.165) is 24.5 Å². The van der Waals surface area contributed by atoms with Crippen LogP contribution in [0.1, 0.15) is 52.0 Å². The van der Waals surface area contributed by atoms with Crippen LogP contribution in [0.25, 0.3) is 0 Å². The van der Waals surface area contributed by atoms with Crippen LogP contribution < -0.4 is 10.6 Å². The molecule has 2 heterocycles. The number of amides is 1. The van der Waals surface area contributed by atoms with Crippen LogP contribution in [0.5, 0.6) is 0 Å². The topological polar surface area (TPSA) is 85.5 Å².